The molecule has 1 unspecified atom stereocenters. The van der Waals surface area contributed by atoms with E-state index in [1.54, 1.807) is 0 Å². The fraction of sp³-hybridized carbons (Fsp3) is 0.692. The first-order chi connectivity index (χ1) is 8.70. The Morgan fingerprint density at radius 1 is 1.22 bits per heavy atom. The second-order valence-corrected chi connectivity index (χ2v) is 4.71. The van der Waals surface area contributed by atoms with Crippen LogP contribution in [0.15, 0.2) is 0 Å². The maximum atomic E-state index is 5.70. The number of ether oxygens (including phenoxy) is 1. The van der Waals surface area contributed by atoms with E-state index in [9.17, 15) is 0 Å². The minimum atomic E-state index is 0.312. The molecule has 1 aliphatic rings. The Labute approximate surface area is 108 Å². The molecule has 0 spiro atoms. The number of anilines is 2. The van der Waals surface area contributed by atoms with Crippen LogP contribution in [0, 0.1) is 13.8 Å². The lowest BCUT2D eigenvalue weighted by Crippen LogP contribution is -2.27. The molecule has 5 heteroatoms. The molecule has 1 saturated heterocycles. The highest BCUT2D eigenvalue weighted by Gasteiger charge is 2.15. The molecule has 2 heterocycles. The minimum absolute atomic E-state index is 0.312. The van der Waals surface area contributed by atoms with E-state index < -0.39 is 0 Å². The van der Waals surface area contributed by atoms with Crippen molar-refractivity contribution in [2.75, 3.05) is 30.8 Å². The normalized spacial score (nSPS) is 19.6. The zero-order valence-corrected chi connectivity index (χ0v) is 11.4. The molecule has 0 bridgehead atoms. The molecule has 2 rings (SSSR count). The number of aryl methyl sites for hydroxylation is 1. The second-order valence-electron chi connectivity index (χ2n) is 4.71. The Bertz CT molecular complexity index is 402. The van der Waals surface area contributed by atoms with Gasteiger partial charge in [-0.3, -0.25) is 0 Å². The van der Waals surface area contributed by atoms with E-state index >= 15 is 0 Å². The van der Waals surface area contributed by atoms with Crippen molar-refractivity contribution in [2.45, 2.75) is 39.2 Å². The SMILES string of the molecule is CNc1nc(C)nc(NCC2CCCCO2)c1C. The van der Waals surface area contributed by atoms with E-state index in [0.717, 1.165) is 42.6 Å². The molecule has 0 aliphatic carbocycles. The van der Waals surface area contributed by atoms with Gasteiger partial charge in [-0.05, 0) is 33.1 Å². The highest BCUT2D eigenvalue weighted by molar-refractivity contribution is 5.56. The average molecular weight is 250 g/mol. The molecule has 0 saturated carbocycles. The van der Waals surface area contributed by atoms with Crippen LogP contribution in [0.5, 0.6) is 0 Å². The Morgan fingerprint density at radius 3 is 2.67 bits per heavy atom. The molecular weight excluding hydrogens is 228 g/mol. The van der Waals surface area contributed by atoms with Gasteiger partial charge < -0.3 is 15.4 Å². The summed E-state index contributed by atoms with van der Waals surface area (Å²) in [7, 11) is 1.88. The second kappa shape index (κ2) is 6.00. The third-order valence-electron chi connectivity index (χ3n) is 3.27. The Kier molecular flexibility index (Phi) is 4.36. The molecule has 1 aliphatic heterocycles. The van der Waals surface area contributed by atoms with Crippen LogP contribution in [0.4, 0.5) is 11.6 Å². The van der Waals surface area contributed by atoms with Crippen LogP contribution in [-0.2, 0) is 4.74 Å². The first-order valence-electron chi connectivity index (χ1n) is 6.59. The van der Waals surface area contributed by atoms with Crippen molar-refractivity contribution in [3.63, 3.8) is 0 Å². The number of hydrogen-bond donors (Lipinski definition) is 2. The van der Waals surface area contributed by atoms with Crippen molar-refractivity contribution in [1.29, 1.82) is 0 Å². The fourth-order valence-corrected chi connectivity index (χ4v) is 2.22. The summed E-state index contributed by atoms with van der Waals surface area (Å²) in [6.07, 6.45) is 3.89. The van der Waals surface area contributed by atoms with Gasteiger partial charge in [-0.15, -0.1) is 0 Å². The summed E-state index contributed by atoms with van der Waals surface area (Å²) in [5.74, 6) is 2.56. The van der Waals surface area contributed by atoms with Gasteiger partial charge in [-0.1, -0.05) is 0 Å². The van der Waals surface area contributed by atoms with Crippen molar-refractivity contribution in [1.82, 2.24) is 9.97 Å². The number of nitrogens with zero attached hydrogens (tertiary/aromatic N) is 2. The van der Waals surface area contributed by atoms with Gasteiger partial charge in [-0.25, -0.2) is 9.97 Å². The van der Waals surface area contributed by atoms with Crippen LogP contribution in [0.1, 0.15) is 30.7 Å². The lowest BCUT2D eigenvalue weighted by molar-refractivity contribution is 0.0247. The van der Waals surface area contributed by atoms with Crippen LogP contribution >= 0.6 is 0 Å². The van der Waals surface area contributed by atoms with E-state index in [0.29, 0.717) is 6.10 Å². The summed E-state index contributed by atoms with van der Waals surface area (Å²) in [5.41, 5.74) is 1.05. The van der Waals surface area contributed by atoms with E-state index in [-0.39, 0.29) is 0 Å². The van der Waals surface area contributed by atoms with Gasteiger partial charge in [0.05, 0.1) is 6.10 Å². The van der Waals surface area contributed by atoms with E-state index in [1.807, 2.05) is 20.9 Å². The fourth-order valence-electron chi connectivity index (χ4n) is 2.22. The van der Waals surface area contributed by atoms with Crippen molar-refractivity contribution < 1.29 is 4.74 Å². The predicted molar refractivity (Wildman–Crippen MR) is 73.1 cm³/mol. The summed E-state index contributed by atoms with van der Waals surface area (Å²) in [4.78, 5) is 8.80. The van der Waals surface area contributed by atoms with Gasteiger partial charge in [0.25, 0.3) is 0 Å². The van der Waals surface area contributed by atoms with Crippen molar-refractivity contribution in [3.05, 3.63) is 11.4 Å². The number of aromatic nitrogens is 2. The van der Waals surface area contributed by atoms with Gasteiger partial charge >= 0.3 is 0 Å². The van der Waals surface area contributed by atoms with Crippen LogP contribution in [0.2, 0.25) is 0 Å². The number of hydrogen-bond acceptors (Lipinski definition) is 5. The smallest absolute Gasteiger partial charge is 0.134 e. The molecule has 0 aromatic carbocycles. The molecule has 0 radical (unpaired) electrons. The Hall–Kier alpha value is -1.36. The first kappa shape index (κ1) is 13.1. The summed E-state index contributed by atoms with van der Waals surface area (Å²) in [6.45, 7) is 5.63. The van der Waals surface area contributed by atoms with Gasteiger partial charge in [0.15, 0.2) is 0 Å². The van der Waals surface area contributed by atoms with Gasteiger partial charge in [0.1, 0.15) is 17.5 Å². The van der Waals surface area contributed by atoms with Gasteiger partial charge in [0.2, 0.25) is 0 Å². The number of rotatable bonds is 4. The van der Waals surface area contributed by atoms with Crippen molar-refractivity contribution in [3.8, 4) is 0 Å². The maximum absolute atomic E-state index is 5.70. The van der Waals surface area contributed by atoms with Crippen LogP contribution in [-0.4, -0.2) is 36.3 Å². The Balaban J connectivity index is 2.01. The Morgan fingerprint density at radius 2 is 2.00 bits per heavy atom. The summed E-state index contributed by atoms with van der Waals surface area (Å²) >= 11 is 0. The van der Waals surface area contributed by atoms with Gasteiger partial charge in [-0.2, -0.15) is 0 Å². The molecule has 100 valence electrons. The van der Waals surface area contributed by atoms with Crippen molar-refractivity contribution >= 4 is 11.6 Å². The maximum Gasteiger partial charge on any atom is 0.134 e. The summed E-state index contributed by atoms with van der Waals surface area (Å²) < 4.78 is 5.70. The third-order valence-corrected chi connectivity index (χ3v) is 3.27. The average Bonchev–Trinajstić information content (AvgIpc) is 2.40. The lowest BCUT2D eigenvalue weighted by atomic mass is 10.1. The zero-order chi connectivity index (χ0) is 13.0. The molecular formula is C13H22N4O. The topological polar surface area (TPSA) is 59.1 Å². The highest BCUT2D eigenvalue weighted by Crippen LogP contribution is 2.20. The molecule has 5 nitrogen and oxygen atoms in total. The summed E-state index contributed by atoms with van der Waals surface area (Å²) in [6, 6.07) is 0. The van der Waals surface area contributed by atoms with Crippen molar-refractivity contribution in [2.24, 2.45) is 0 Å². The molecule has 0 amide bonds. The van der Waals surface area contributed by atoms with E-state index in [1.165, 1.54) is 12.8 Å². The largest absolute Gasteiger partial charge is 0.376 e. The lowest BCUT2D eigenvalue weighted by Gasteiger charge is -2.23. The molecule has 2 N–H and O–H groups in total. The third kappa shape index (κ3) is 3.10. The van der Waals surface area contributed by atoms with Crippen LogP contribution < -0.4 is 10.6 Å². The predicted octanol–water partition coefficient (Wildman–Crippen LogP) is 2.12. The zero-order valence-electron chi connectivity index (χ0n) is 11.4. The molecule has 1 fully saturated rings. The molecule has 18 heavy (non-hydrogen) atoms. The first-order valence-corrected chi connectivity index (χ1v) is 6.59. The van der Waals surface area contributed by atoms with E-state index in [4.69, 9.17) is 4.74 Å². The van der Waals surface area contributed by atoms with Crippen LogP contribution in [0.3, 0.4) is 0 Å². The molecule has 1 aromatic heterocycles. The molecule has 1 aromatic rings. The van der Waals surface area contributed by atoms with E-state index in [2.05, 4.69) is 20.6 Å². The monoisotopic (exact) mass is 250 g/mol. The highest BCUT2D eigenvalue weighted by atomic mass is 16.5. The minimum Gasteiger partial charge on any atom is -0.376 e. The standard InChI is InChI=1S/C13H22N4O/c1-9-12(14-3)16-10(2)17-13(9)15-8-11-6-4-5-7-18-11/h11H,4-8H2,1-3H3,(H2,14,15,16,17). The van der Waals surface area contributed by atoms with Crippen LogP contribution in [0.25, 0.3) is 0 Å². The van der Waals surface area contributed by atoms with Gasteiger partial charge in [0, 0.05) is 25.8 Å². The quantitative estimate of drug-likeness (QED) is 0.857. The summed E-state index contributed by atoms with van der Waals surface area (Å²) in [5, 5.41) is 6.47. The number of nitrogens with one attached hydrogen (secondary N) is 2. The molecule has 1 atom stereocenters.